The number of carbonyl (C=O) groups excluding carboxylic acids is 1. The van der Waals surface area contributed by atoms with E-state index in [1.165, 1.54) is 37.1 Å². The van der Waals surface area contributed by atoms with Gasteiger partial charge in [0.1, 0.15) is 0 Å². The maximum absolute atomic E-state index is 13.6. The molecule has 0 aliphatic carbocycles. The third-order valence-corrected chi connectivity index (χ3v) is 3.69. The van der Waals surface area contributed by atoms with Gasteiger partial charge < -0.3 is 4.74 Å². The lowest BCUT2D eigenvalue weighted by atomic mass is 10.1. The summed E-state index contributed by atoms with van der Waals surface area (Å²) >= 11 is 1.22. The molecule has 1 aromatic carbocycles. The van der Waals surface area contributed by atoms with E-state index in [1.54, 1.807) is 4.68 Å². The Kier molecular flexibility index (Phi) is 4.89. The molecule has 112 valence electrons. The molecule has 0 spiro atoms. The van der Waals surface area contributed by atoms with Gasteiger partial charge in [-0.15, -0.1) is 5.10 Å². The summed E-state index contributed by atoms with van der Waals surface area (Å²) in [5.74, 6) is -0.498. The number of hydrogen-bond donors (Lipinski definition) is 0. The molecule has 1 aromatic heterocycles. The van der Waals surface area contributed by atoms with E-state index in [9.17, 15) is 9.18 Å². The molecular formula is C13H15FN4O2S. The van der Waals surface area contributed by atoms with Gasteiger partial charge >= 0.3 is 0 Å². The number of benzene rings is 1. The number of Topliss-reactive ketones (excluding diaryl/α,β-unsaturated/α-hetero) is 1. The molecule has 21 heavy (non-hydrogen) atoms. The summed E-state index contributed by atoms with van der Waals surface area (Å²) in [4.78, 5) is 12.1. The first-order valence-electron chi connectivity index (χ1n) is 6.30. The van der Waals surface area contributed by atoms with Crippen molar-refractivity contribution in [1.29, 1.82) is 0 Å². The second-order valence-electron chi connectivity index (χ2n) is 4.56. The van der Waals surface area contributed by atoms with Crippen molar-refractivity contribution in [2.24, 2.45) is 0 Å². The Morgan fingerprint density at radius 1 is 1.48 bits per heavy atom. The first-order valence-corrected chi connectivity index (χ1v) is 7.29. The van der Waals surface area contributed by atoms with E-state index >= 15 is 0 Å². The van der Waals surface area contributed by atoms with Gasteiger partial charge in [0.15, 0.2) is 17.3 Å². The Morgan fingerprint density at radius 2 is 2.24 bits per heavy atom. The molecule has 0 saturated heterocycles. The van der Waals surface area contributed by atoms with Crippen molar-refractivity contribution < 1.29 is 13.9 Å². The highest BCUT2D eigenvalue weighted by atomic mass is 32.2. The summed E-state index contributed by atoms with van der Waals surface area (Å²) in [6, 6.07) is 4.26. The van der Waals surface area contributed by atoms with Gasteiger partial charge in [-0.25, -0.2) is 9.07 Å². The third kappa shape index (κ3) is 3.57. The molecule has 0 unspecified atom stereocenters. The second-order valence-corrected chi connectivity index (χ2v) is 5.50. The number of thioether (sulfide) groups is 1. The third-order valence-electron chi connectivity index (χ3n) is 2.76. The molecule has 2 aromatic rings. The Balaban J connectivity index is 2.05. The topological polar surface area (TPSA) is 69.9 Å². The first-order chi connectivity index (χ1) is 10.0. The van der Waals surface area contributed by atoms with Gasteiger partial charge in [0.2, 0.25) is 5.16 Å². The Hall–Kier alpha value is -1.96. The minimum atomic E-state index is -0.555. The molecule has 6 nitrogen and oxygen atoms in total. The highest BCUT2D eigenvalue weighted by Gasteiger charge is 2.14. The van der Waals surface area contributed by atoms with E-state index in [4.69, 9.17) is 4.74 Å². The molecule has 0 radical (unpaired) electrons. The maximum atomic E-state index is 13.6. The zero-order chi connectivity index (χ0) is 15.4. The normalized spacial score (nSPS) is 10.9. The van der Waals surface area contributed by atoms with Crippen LogP contribution < -0.4 is 4.74 Å². The minimum Gasteiger partial charge on any atom is -0.494 e. The van der Waals surface area contributed by atoms with Crippen LogP contribution in [0.15, 0.2) is 23.4 Å². The minimum absolute atomic E-state index is 0.107. The van der Waals surface area contributed by atoms with Crippen LogP contribution in [0, 0.1) is 5.82 Å². The van der Waals surface area contributed by atoms with Crippen LogP contribution in [0.4, 0.5) is 4.39 Å². The SMILES string of the molecule is COc1ccc(C(=O)CSc2nnnn2C(C)C)cc1F. The highest BCUT2D eigenvalue weighted by molar-refractivity contribution is 7.99. The van der Waals surface area contributed by atoms with E-state index in [1.807, 2.05) is 13.8 Å². The molecule has 0 saturated carbocycles. The number of halogens is 1. The van der Waals surface area contributed by atoms with Gasteiger partial charge in [0.05, 0.1) is 18.9 Å². The summed E-state index contributed by atoms with van der Waals surface area (Å²) < 4.78 is 20.0. The van der Waals surface area contributed by atoms with E-state index in [2.05, 4.69) is 15.5 Å². The number of ether oxygens (including phenoxy) is 1. The number of ketones is 1. The van der Waals surface area contributed by atoms with Gasteiger partial charge in [-0.05, 0) is 42.5 Å². The van der Waals surface area contributed by atoms with Crippen molar-refractivity contribution in [2.75, 3.05) is 12.9 Å². The van der Waals surface area contributed by atoms with E-state index in [-0.39, 0.29) is 23.3 Å². The summed E-state index contributed by atoms with van der Waals surface area (Å²) in [5.41, 5.74) is 0.296. The first kappa shape index (κ1) is 15.4. The van der Waals surface area contributed by atoms with E-state index in [0.717, 1.165) is 0 Å². The number of aromatic nitrogens is 4. The predicted octanol–water partition coefficient (Wildman–Crippen LogP) is 2.38. The van der Waals surface area contributed by atoms with E-state index < -0.39 is 5.82 Å². The maximum Gasteiger partial charge on any atom is 0.209 e. The van der Waals surface area contributed by atoms with Crippen LogP contribution in [-0.2, 0) is 0 Å². The van der Waals surface area contributed by atoms with Gasteiger partial charge in [-0.3, -0.25) is 4.79 Å². The number of rotatable bonds is 6. The number of hydrogen-bond acceptors (Lipinski definition) is 6. The van der Waals surface area contributed by atoms with Crippen LogP contribution in [-0.4, -0.2) is 38.9 Å². The zero-order valence-corrected chi connectivity index (χ0v) is 12.7. The van der Waals surface area contributed by atoms with Crippen molar-refractivity contribution in [1.82, 2.24) is 20.2 Å². The smallest absolute Gasteiger partial charge is 0.209 e. The predicted molar refractivity (Wildman–Crippen MR) is 76.2 cm³/mol. The average Bonchev–Trinajstić information content (AvgIpc) is 2.93. The van der Waals surface area contributed by atoms with Crippen LogP contribution in [0.1, 0.15) is 30.2 Å². The van der Waals surface area contributed by atoms with E-state index in [0.29, 0.717) is 10.7 Å². The molecule has 1 heterocycles. The van der Waals surface area contributed by atoms with Crippen molar-refractivity contribution in [3.8, 4) is 5.75 Å². The van der Waals surface area contributed by atoms with Crippen LogP contribution >= 0.6 is 11.8 Å². The molecule has 8 heteroatoms. The second kappa shape index (κ2) is 6.66. The van der Waals surface area contributed by atoms with Crippen molar-refractivity contribution >= 4 is 17.5 Å². The van der Waals surface area contributed by atoms with Gasteiger partial charge in [0.25, 0.3) is 0 Å². The number of carbonyl (C=O) groups is 1. The Morgan fingerprint density at radius 3 is 2.86 bits per heavy atom. The quantitative estimate of drug-likeness (QED) is 0.602. The molecule has 2 rings (SSSR count). The Labute approximate surface area is 125 Å². The van der Waals surface area contributed by atoms with Gasteiger partial charge in [0, 0.05) is 5.56 Å². The largest absolute Gasteiger partial charge is 0.494 e. The van der Waals surface area contributed by atoms with Crippen LogP contribution in [0.3, 0.4) is 0 Å². The highest BCUT2D eigenvalue weighted by Crippen LogP contribution is 2.21. The molecule has 0 aliphatic heterocycles. The molecule has 0 fully saturated rings. The lowest BCUT2D eigenvalue weighted by molar-refractivity contribution is 0.102. The monoisotopic (exact) mass is 310 g/mol. The molecule has 0 bridgehead atoms. The van der Waals surface area contributed by atoms with Crippen LogP contribution in [0.5, 0.6) is 5.75 Å². The average molecular weight is 310 g/mol. The van der Waals surface area contributed by atoms with Crippen molar-refractivity contribution in [2.45, 2.75) is 25.0 Å². The number of methoxy groups -OCH3 is 1. The molecule has 0 N–H and O–H groups in total. The fraction of sp³-hybridized carbons (Fsp3) is 0.385. The van der Waals surface area contributed by atoms with Gasteiger partial charge in [-0.2, -0.15) is 0 Å². The summed E-state index contributed by atoms with van der Waals surface area (Å²) in [6.07, 6.45) is 0. The summed E-state index contributed by atoms with van der Waals surface area (Å²) in [5, 5.41) is 11.9. The summed E-state index contributed by atoms with van der Waals surface area (Å²) in [7, 11) is 1.38. The van der Waals surface area contributed by atoms with Gasteiger partial charge in [-0.1, -0.05) is 11.8 Å². The Bertz CT molecular complexity index is 645. The number of nitrogens with zero attached hydrogens (tertiary/aromatic N) is 4. The molecule has 0 atom stereocenters. The standard InChI is InChI=1S/C13H15FN4O2S/c1-8(2)18-13(15-16-17-18)21-7-11(19)9-4-5-12(20-3)10(14)6-9/h4-6,8H,7H2,1-3H3. The lowest BCUT2D eigenvalue weighted by Gasteiger charge is -2.07. The van der Waals surface area contributed by atoms with Crippen LogP contribution in [0.25, 0.3) is 0 Å². The summed E-state index contributed by atoms with van der Waals surface area (Å²) in [6.45, 7) is 3.89. The van der Waals surface area contributed by atoms with Crippen molar-refractivity contribution in [3.05, 3.63) is 29.6 Å². The zero-order valence-electron chi connectivity index (χ0n) is 11.9. The fourth-order valence-electron chi connectivity index (χ4n) is 1.66. The van der Waals surface area contributed by atoms with Crippen molar-refractivity contribution in [3.63, 3.8) is 0 Å². The fourth-order valence-corrected chi connectivity index (χ4v) is 2.56. The number of tetrazole rings is 1. The van der Waals surface area contributed by atoms with Crippen LogP contribution in [0.2, 0.25) is 0 Å². The molecule has 0 amide bonds. The lowest BCUT2D eigenvalue weighted by Crippen LogP contribution is -2.08. The molecule has 0 aliphatic rings. The molecular weight excluding hydrogens is 295 g/mol.